The highest BCUT2D eigenvalue weighted by Crippen LogP contribution is 2.27. The zero-order valence-electron chi connectivity index (χ0n) is 16.2. The molecule has 0 aliphatic rings. The van der Waals surface area contributed by atoms with Crippen LogP contribution in [0.1, 0.15) is 27.6 Å². The van der Waals surface area contributed by atoms with Crippen LogP contribution in [-0.2, 0) is 4.84 Å². The number of carbonyl (C=O) groups is 2. The van der Waals surface area contributed by atoms with Crippen molar-refractivity contribution in [2.45, 2.75) is 16.7 Å². The number of ketones is 1. The van der Waals surface area contributed by atoms with Gasteiger partial charge in [0, 0.05) is 32.5 Å². The second kappa shape index (κ2) is 8.80. The molecule has 148 valence electrons. The molecule has 0 aliphatic carbocycles. The Bertz CT molecular complexity index is 1230. The van der Waals surface area contributed by atoms with Crippen molar-refractivity contribution >= 4 is 40.1 Å². The minimum absolute atomic E-state index is 0.103. The smallest absolute Gasteiger partial charge is 0.360 e. The van der Waals surface area contributed by atoms with E-state index >= 15 is 0 Å². The van der Waals surface area contributed by atoms with Crippen LogP contribution >= 0.6 is 11.8 Å². The van der Waals surface area contributed by atoms with Gasteiger partial charge in [-0.15, -0.1) is 0 Å². The summed E-state index contributed by atoms with van der Waals surface area (Å²) >= 11 is 1.62. The zero-order chi connectivity index (χ0) is 20.9. The number of nitrogens with one attached hydrogen (secondary N) is 1. The van der Waals surface area contributed by atoms with Gasteiger partial charge in [-0.1, -0.05) is 53.3 Å². The summed E-state index contributed by atoms with van der Waals surface area (Å²) in [7, 11) is 0. The van der Waals surface area contributed by atoms with Gasteiger partial charge in [-0.3, -0.25) is 4.79 Å². The van der Waals surface area contributed by atoms with Crippen LogP contribution in [0.2, 0.25) is 0 Å². The van der Waals surface area contributed by atoms with Crippen LogP contribution in [0.15, 0.2) is 100 Å². The van der Waals surface area contributed by atoms with E-state index in [1.165, 1.54) is 6.92 Å². The van der Waals surface area contributed by atoms with Gasteiger partial charge in [-0.25, -0.2) is 4.79 Å². The first-order valence-corrected chi connectivity index (χ1v) is 10.1. The molecule has 4 aromatic rings. The molecule has 5 nitrogen and oxygen atoms in total. The molecule has 1 aromatic heterocycles. The van der Waals surface area contributed by atoms with E-state index in [-0.39, 0.29) is 11.5 Å². The maximum atomic E-state index is 12.6. The van der Waals surface area contributed by atoms with Gasteiger partial charge in [0.25, 0.3) is 0 Å². The lowest BCUT2D eigenvalue weighted by Gasteiger charge is -2.04. The molecule has 0 fully saturated rings. The minimum atomic E-state index is -0.616. The lowest BCUT2D eigenvalue weighted by atomic mass is 10.1. The predicted molar refractivity (Wildman–Crippen MR) is 118 cm³/mol. The molecule has 0 atom stereocenters. The molecule has 0 unspecified atom stereocenters. The number of nitrogens with zero attached hydrogens (tertiary/aromatic N) is 1. The second-order valence-corrected chi connectivity index (χ2v) is 7.72. The van der Waals surface area contributed by atoms with Crippen molar-refractivity contribution in [3.63, 3.8) is 0 Å². The number of para-hydroxylation sites is 1. The third kappa shape index (κ3) is 4.34. The molecule has 3 aromatic carbocycles. The van der Waals surface area contributed by atoms with Gasteiger partial charge in [0.05, 0.1) is 5.56 Å². The van der Waals surface area contributed by atoms with Crippen LogP contribution in [0.5, 0.6) is 0 Å². The number of fused-ring (bicyclic) bond motifs is 1. The quantitative estimate of drug-likeness (QED) is 0.189. The summed E-state index contributed by atoms with van der Waals surface area (Å²) in [6, 6.07) is 24.7. The number of hydrogen-bond donors (Lipinski definition) is 1. The Hall–Kier alpha value is -3.64. The highest BCUT2D eigenvalue weighted by Gasteiger charge is 2.15. The first kappa shape index (κ1) is 19.7. The van der Waals surface area contributed by atoms with E-state index in [4.69, 9.17) is 4.84 Å². The molecular weight excluding hydrogens is 396 g/mol. The maximum absolute atomic E-state index is 12.6. The highest BCUT2D eigenvalue weighted by molar-refractivity contribution is 7.99. The number of aromatic nitrogens is 1. The van der Waals surface area contributed by atoms with Gasteiger partial charge in [0.15, 0.2) is 0 Å². The van der Waals surface area contributed by atoms with Crippen molar-refractivity contribution in [2.75, 3.05) is 0 Å². The SMILES string of the molecule is C/C(=N\OC(=O)c1c[nH]c2ccccc12)C(=O)c1ccc(Sc2ccccc2)cc1. The summed E-state index contributed by atoms with van der Waals surface area (Å²) in [6.45, 7) is 1.53. The molecule has 0 radical (unpaired) electrons. The van der Waals surface area contributed by atoms with E-state index in [1.807, 2.05) is 66.7 Å². The zero-order valence-corrected chi connectivity index (χ0v) is 17.0. The Labute approximate surface area is 177 Å². The van der Waals surface area contributed by atoms with Crippen molar-refractivity contribution in [1.82, 2.24) is 4.98 Å². The van der Waals surface area contributed by atoms with Crippen LogP contribution in [0.3, 0.4) is 0 Å². The third-order valence-corrected chi connectivity index (χ3v) is 5.51. The maximum Gasteiger partial charge on any atom is 0.367 e. The summed E-state index contributed by atoms with van der Waals surface area (Å²) in [5.41, 5.74) is 1.79. The standard InChI is InChI=1S/C24H18N2O3S/c1-16(26-29-24(28)21-15-25-22-10-6-5-9-20(21)22)23(27)17-11-13-19(14-12-17)30-18-7-3-2-4-8-18/h2-15,25H,1H3/b26-16+. The average molecular weight is 414 g/mol. The monoisotopic (exact) mass is 414 g/mol. The molecule has 0 bridgehead atoms. The van der Waals surface area contributed by atoms with E-state index in [1.54, 1.807) is 30.1 Å². The van der Waals surface area contributed by atoms with E-state index < -0.39 is 5.97 Å². The summed E-state index contributed by atoms with van der Waals surface area (Å²) in [4.78, 5) is 35.1. The lowest BCUT2D eigenvalue weighted by Crippen LogP contribution is -2.12. The first-order valence-electron chi connectivity index (χ1n) is 9.31. The molecule has 4 rings (SSSR count). The van der Waals surface area contributed by atoms with E-state index in [2.05, 4.69) is 10.1 Å². The number of rotatable bonds is 6. The van der Waals surface area contributed by atoms with Crippen LogP contribution in [-0.4, -0.2) is 22.4 Å². The van der Waals surface area contributed by atoms with Gasteiger partial charge in [0.1, 0.15) is 5.71 Å². The van der Waals surface area contributed by atoms with Crippen LogP contribution in [0.25, 0.3) is 10.9 Å². The number of oxime groups is 1. The number of carbonyl (C=O) groups excluding carboxylic acids is 2. The summed E-state index contributed by atoms with van der Waals surface area (Å²) in [6.07, 6.45) is 1.57. The molecular formula is C24H18N2O3S. The Morgan fingerprint density at radius 1 is 0.867 bits per heavy atom. The number of hydrogen-bond acceptors (Lipinski definition) is 5. The molecule has 0 aliphatic heterocycles. The largest absolute Gasteiger partial charge is 0.367 e. The molecule has 1 N–H and O–H groups in total. The van der Waals surface area contributed by atoms with Crippen molar-refractivity contribution in [3.05, 3.63) is 96.2 Å². The van der Waals surface area contributed by atoms with Crippen molar-refractivity contribution in [2.24, 2.45) is 5.16 Å². The summed E-state index contributed by atoms with van der Waals surface area (Å²) in [5.74, 6) is -0.910. The number of aromatic amines is 1. The molecule has 0 saturated carbocycles. The van der Waals surface area contributed by atoms with Crippen LogP contribution in [0, 0.1) is 0 Å². The van der Waals surface area contributed by atoms with Crippen LogP contribution in [0.4, 0.5) is 0 Å². The lowest BCUT2D eigenvalue weighted by molar-refractivity contribution is 0.0518. The number of Topliss-reactive ketones (excluding diaryl/α,β-unsaturated/α-hetero) is 1. The van der Waals surface area contributed by atoms with Gasteiger partial charge >= 0.3 is 5.97 Å². The normalized spacial score (nSPS) is 11.4. The van der Waals surface area contributed by atoms with E-state index in [0.717, 1.165) is 20.7 Å². The average Bonchev–Trinajstić information content (AvgIpc) is 3.22. The van der Waals surface area contributed by atoms with Gasteiger partial charge < -0.3 is 9.82 Å². The highest BCUT2D eigenvalue weighted by atomic mass is 32.2. The first-order chi connectivity index (χ1) is 14.6. The Morgan fingerprint density at radius 3 is 2.30 bits per heavy atom. The fraction of sp³-hybridized carbons (Fsp3) is 0.0417. The molecule has 1 heterocycles. The summed E-state index contributed by atoms with van der Waals surface area (Å²) < 4.78 is 0. The topological polar surface area (TPSA) is 71.5 Å². The fourth-order valence-corrected chi connectivity index (χ4v) is 3.79. The molecule has 0 spiro atoms. The van der Waals surface area contributed by atoms with E-state index in [9.17, 15) is 9.59 Å². The fourth-order valence-electron chi connectivity index (χ4n) is 2.95. The Balaban J connectivity index is 1.42. The van der Waals surface area contributed by atoms with Gasteiger partial charge in [-0.2, -0.15) is 0 Å². The minimum Gasteiger partial charge on any atom is -0.360 e. The number of benzene rings is 3. The second-order valence-electron chi connectivity index (χ2n) is 6.57. The van der Waals surface area contributed by atoms with Crippen LogP contribution < -0.4 is 0 Å². The van der Waals surface area contributed by atoms with Gasteiger partial charge in [-0.05, 0) is 49.4 Å². The predicted octanol–water partition coefficient (Wildman–Crippen LogP) is 5.73. The molecule has 30 heavy (non-hydrogen) atoms. The third-order valence-electron chi connectivity index (χ3n) is 4.50. The number of H-pyrrole nitrogens is 1. The Morgan fingerprint density at radius 2 is 1.53 bits per heavy atom. The molecule has 0 saturated heterocycles. The molecule has 0 amide bonds. The van der Waals surface area contributed by atoms with Crippen molar-refractivity contribution in [1.29, 1.82) is 0 Å². The Kier molecular flexibility index (Phi) is 5.77. The molecule has 6 heteroatoms. The van der Waals surface area contributed by atoms with E-state index in [0.29, 0.717) is 11.1 Å². The van der Waals surface area contributed by atoms with Crippen molar-refractivity contribution < 1.29 is 14.4 Å². The van der Waals surface area contributed by atoms with Crippen molar-refractivity contribution in [3.8, 4) is 0 Å². The summed E-state index contributed by atoms with van der Waals surface area (Å²) in [5, 5.41) is 4.50. The van der Waals surface area contributed by atoms with Gasteiger partial charge in [0.2, 0.25) is 5.78 Å².